The maximum absolute atomic E-state index is 15.4. The number of ether oxygens (including phenoxy) is 1. The van der Waals surface area contributed by atoms with Crippen LogP contribution < -0.4 is 5.32 Å². The fourth-order valence-electron chi connectivity index (χ4n) is 6.37. The number of thiazole rings is 1. The van der Waals surface area contributed by atoms with Crippen LogP contribution in [0.2, 0.25) is 0 Å². The number of hydrogen-bond donors (Lipinski definition) is 2. The Morgan fingerprint density at radius 3 is 2.70 bits per heavy atom. The van der Waals surface area contributed by atoms with E-state index in [4.69, 9.17) is 9.73 Å². The van der Waals surface area contributed by atoms with Gasteiger partial charge in [-0.3, -0.25) is 19.5 Å². The molecule has 2 saturated heterocycles. The lowest BCUT2D eigenvalue weighted by molar-refractivity contribution is -0.142. The van der Waals surface area contributed by atoms with Crippen molar-refractivity contribution in [3.63, 3.8) is 0 Å². The van der Waals surface area contributed by atoms with Crippen LogP contribution in [0.3, 0.4) is 0 Å². The van der Waals surface area contributed by atoms with Gasteiger partial charge in [0.25, 0.3) is 5.92 Å². The van der Waals surface area contributed by atoms with Gasteiger partial charge in [0, 0.05) is 43.0 Å². The van der Waals surface area contributed by atoms with Crippen LogP contribution in [-0.4, -0.2) is 88.3 Å². The summed E-state index contributed by atoms with van der Waals surface area (Å²) >= 11 is 1.29. The topological polar surface area (TPSA) is 124 Å². The minimum Gasteiger partial charge on any atom is -0.481 e. The third-order valence-corrected chi connectivity index (χ3v) is 9.45. The number of aromatic nitrogens is 1. The number of likely N-dealkylation sites (tertiary alicyclic amines) is 2. The number of carbonyl (C=O) groups is 3. The summed E-state index contributed by atoms with van der Waals surface area (Å²) in [5.74, 6) is -8.10. The Morgan fingerprint density at radius 1 is 1.23 bits per heavy atom. The third kappa shape index (κ3) is 5.30. The van der Waals surface area contributed by atoms with Gasteiger partial charge >= 0.3 is 11.9 Å². The average Bonchev–Trinajstić information content (AvgIpc) is 3.27. The molecule has 0 spiro atoms. The van der Waals surface area contributed by atoms with E-state index in [0.717, 1.165) is 0 Å². The van der Waals surface area contributed by atoms with Crippen molar-refractivity contribution in [3.8, 4) is 0 Å². The number of nitrogens with zero attached hydrogens (tertiary/aromatic N) is 4. The van der Waals surface area contributed by atoms with E-state index in [9.17, 15) is 23.9 Å². The molecule has 3 aliphatic heterocycles. The fourth-order valence-corrected chi connectivity index (χ4v) is 6.96. The number of rotatable bonds is 8. The number of esters is 1. The number of halogens is 3. The lowest BCUT2D eigenvalue weighted by atomic mass is 9.92. The molecule has 0 radical (unpaired) electrons. The first-order valence-electron chi connectivity index (χ1n) is 14.0. The minimum absolute atomic E-state index is 0.0177. The highest BCUT2D eigenvalue weighted by atomic mass is 32.1. The first-order valence-corrected chi connectivity index (χ1v) is 14.9. The number of aliphatic imine (C=N–C) groups is 1. The van der Waals surface area contributed by atoms with E-state index in [1.165, 1.54) is 28.4 Å². The minimum atomic E-state index is -3.13. The summed E-state index contributed by atoms with van der Waals surface area (Å²) in [4.78, 5) is 49.7. The number of alkyl halides is 2. The van der Waals surface area contributed by atoms with Crippen LogP contribution in [0.1, 0.15) is 35.5 Å². The van der Waals surface area contributed by atoms with E-state index >= 15 is 8.78 Å². The molecule has 43 heavy (non-hydrogen) atoms. The van der Waals surface area contributed by atoms with Crippen LogP contribution in [0.15, 0.2) is 46.0 Å². The second-order valence-electron chi connectivity index (χ2n) is 11.3. The molecule has 0 bridgehead atoms. The molecule has 1 aromatic heterocycles. The van der Waals surface area contributed by atoms with Gasteiger partial charge in [-0.2, -0.15) is 0 Å². The number of carbonyl (C=O) groups excluding carboxylic acids is 2. The molecule has 228 valence electrons. The summed E-state index contributed by atoms with van der Waals surface area (Å²) in [5.41, 5.74) is 1.07. The van der Waals surface area contributed by atoms with Crippen molar-refractivity contribution in [2.24, 2.45) is 22.7 Å². The number of amides is 1. The Labute approximate surface area is 249 Å². The first kappa shape index (κ1) is 29.3. The molecule has 4 heterocycles. The lowest BCUT2D eigenvalue weighted by Crippen LogP contribution is -2.44. The van der Waals surface area contributed by atoms with Crippen LogP contribution >= 0.6 is 11.3 Å². The summed E-state index contributed by atoms with van der Waals surface area (Å²) in [6.45, 7) is 2.40. The Kier molecular flexibility index (Phi) is 7.53. The van der Waals surface area contributed by atoms with Crippen molar-refractivity contribution in [3.05, 3.63) is 63.0 Å². The van der Waals surface area contributed by atoms with Crippen LogP contribution in [0.5, 0.6) is 0 Å². The molecule has 4 aliphatic rings. The first-order chi connectivity index (χ1) is 20.5. The SMILES string of the molecule is CCOC(=O)C1=C(CN2CC(F)(F)[C@@H]3CN(C(=O)[C@H]4C[C@@H]4C(=O)O)C[C@@H]32)NC(c2nccs2)=N[C@H]1c1cccc(F)c1C. The molecular weight excluding hydrogens is 587 g/mol. The highest BCUT2D eigenvalue weighted by Crippen LogP contribution is 2.46. The molecule has 1 aliphatic carbocycles. The van der Waals surface area contributed by atoms with E-state index < -0.39 is 66.0 Å². The van der Waals surface area contributed by atoms with Gasteiger partial charge in [-0.25, -0.2) is 22.9 Å². The number of fused-ring (bicyclic) bond motifs is 1. The largest absolute Gasteiger partial charge is 0.481 e. The summed E-state index contributed by atoms with van der Waals surface area (Å²) in [6.07, 6.45) is 1.79. The van der Waals surface area contributed by atoms with E-state index in [1.54, 1.807) is 36.4 Å². The number of benzene rings is 1. The van der Waals surface area contributed by atoms with E-state index in [0.29, 0.717) is 16.4 Å². The Morgan fingerprint density at radius 2 is 2.02 bits per heavy atom. The summed E-state index contributed by atoms with van der Waals surface area (Å²) in [6, 6.07) is 2.77. The maximum atomic E-state index is 15.4. The van der Waals surface area contributed by atoms with Gasteiger partial charge in [-0.1, -0.05) is 12.1 Å². The molecule has 6 rings (SSSR count). The van der Waals surface area contributed by atoms with Crippen LogP contribution in [0.4, 0.5) is 13.2 Å². The Hall–Kier alpha value is -3.78. The highest BCUT2D eigenvalue weighted by molar-refractivity contribution is 7.11. The molecule has 10 nitrogen and oxygen atoms in total. The molecule has 1 aromatic carbocycles. The zero-order valence-electron chi connectivity index (χ0n) is 23.4. The predicted molar refractivity (Wildman–Crippen MR) is 149 cm³/mol. The number of carboxylic acid groups (broad SMARTS) is 1. The van der Waals surface area contributed by atoms with Gasteiger partial charge < -0.3 is 20.1 Å². The number of carboxylic acids is 1. The number of amidine groups is 1. The van der Waals surface area contributed by atoms with Gasteiger partial charge in [0.1, 0.15) is 11.9 Å². The van der Waals surface area contributed by atoms with Gasteiger partial charge in [0.2, 0.25) is 5.91 Å². The molecule has 14 heteroatoms. The van der Waals surface area contributed by atoms with E-state index in [2.05, 4.69) is 10.3 Å². The number of aliphatic carboxylic acids is 1. The third-order valence-electron chi connectivity index (χ3n) is 8.67. The number of nitrogens with one attached hydrogen (secondary N) is 1. The number of hydrogen-bond acceptors (Lipinski definition) is 9. The maximum Gasteiger partial charge on any atom is 0.338 e. The van der Waals surface area contributed by atoms with Gasteiger partial charge in [-0.15, -0.1) is 11.3 Å². The van der Waals surface area contributed by atoms with Crippen molar-refractivity contribution in [2.45, 2.75) is 38.3 Å². The van der Waals surface area contributed by atoms with Crippen molar-refractivity contribution in [1.82, 2.24) is 20.1 Å². The van der Waals surface area contributed by atoms with Crippen molar-refractivity contribution < 1.29 is 37.4 Å². The van der Waals surface area contributed by atoms with Gasteiger partial charge in [0.15, 0.2) is 10.8 Å². The monoisotopic (exact) mass is 617 g/mol. The van der Waals surface area contributed by atoms with Crippen molar-refractivity contribution >= 4 is 35.0 Å². The van der Waals surface area contributed by atoms with E-state index in [-0.39, 0.29) is 49.5 Å². The van der Waals surface area contributed by atoms with Crippen LogP contribution in [0.25, 0.3) is 0 Å². The molecule has 1 amide bonds. The van der Waals surface area contributed by atoms with Crippen molar-refractivity contribution in [1.29, 1.82) is 0 Å². The Balaban J connectivity index is 1.36. The van der Waals surface area contributed by atoms with Crippen LogP contribution in [0, 0.1) is 30.5 Å². The zero-order chi connectivity index (χ0) is 30.6. The second-order valence-corrected chi connectivity index (χ2v) is 12.2. The molecule has 1 saturated carbocycles. The predicted octanol–water partition coefficient (Wildman–Crippen LogP) is 3.00. The standard InChI is InChI=1S/C29H30F3N5O5S/c1-3-42-28(41)22-20(34-24(25-33-7-8-43-25)35-23(22)15-5-4-6-19(30)14(15)2)11-37-13-29(31,32)18-10-36(12-21(18)37)26(38)16-9-17(16)27(39)40/h4-8,16-18,21,23H,3,9-13H2,1-2H3,(H,34,35)(H,39,40)/t16-,17-,18+,21-,23-/m0/s1. The van der Waals surface area contributed by atoms with Crippen LogP contribution in [-0.2, 0) is 19.1 Å². The van der Waals surface area contributed by atoms with Crippen molar-refractivity contribution in [2.75, 3.05) is 32.8 Å². The second kappa shape index (κ2) is 11.1. The van der Waals surface area contributed by atoms with E-state index in [1.807, 2.05) is 0 Å². The summed E-state index contributed by atoms with van der Waals surface area (Å²) in [7, 11) is 0. The zero-order valence-corrected chi connectivity index (χ0v) is 24.2. The summed E-state index contributed by atoms with van der Waals surface area (Å²) in [5, 5.41) is 14.6. The smallest absolute Gasteiger partial charge is 0.338 e. The lowest BCUT2D eigenvalue weighted by Gasteiger charge is -2.31. The fraction of sp³-hybridized carbons (Fsp3) is 0.483. The summed E-state index contributed by atoms with van der Waals surface area (Å²) < 4.78 is 50.9. The normalized spacial score (nSPS) is 27.9. The molecule has 0 unspecified atom stereocenters. The molecule has 3 fully saturated rings. The molecular formula is C29H30F3N5O5S. The highest BCUT2D eigenvalue weighted by Gasteiger charge is 2.60. The van der Waals surface area contributed by atoms with Gasteiger partial charge in [0.05, 0.1) is 36.5 Å². The molecule has 5 atom stereocenters. The molecule has 2 aromatic rings. The molecule has 2 N–H and O–H groups in total. The van der Waals surface area contributed by atoms with Gasteiger partial charge in [-0.05, 0) is 37.5 Å². The Bertz CT molecular complexity index is 1530. The quantitative estimate of drug-likeness (QED) is 0.434. The average molecular weight is 618 g/mol.